The Kier molecular flexibility index (Phi) is 4.12. The zero-order valence-corrected chi connectivity index (χ0v) is 10.6. The minimum absolute atomic E-state index is 0.319. The Bertz CT molecular complexity index is 584. The molecule has 0 saturated carbocycles. The third-order valence-corrected chi connectivity index (χ3v) is 2.84. The molecule has 2 rings (SSSR count). The first kappa shape index (κ1) is 13.5. The number of halogens is 2. The molecular weight excluding hydrogens is 248 g/mol. The molecule has 0 saturated heterocycles. The number of hydrogen-bond donors (Lipinski definition) is 1. The molecule has 0 radical (unpaired) electrons. The van der Waals surface area contributed by atoms with E-state index in [1.54, 1.807) is 31.2 Å². The minimum Gasteiger partial charge on any atom is -0.457 e. The number of benzene rings is 2. The van der Waals surface area contributed by atoms with Crippen molar-refractivity contribution in [2.45, 2.75) is 13.3 Å². The van der Waals surface area contributed by atoms with Crippen LogP contribution in [0, 0.1) is 18.6 Å². The third-order valence-electron chi connectivity index (χ3n) is 2.84. The Balaban J connectivity index is 2.32. The van der Waals surface area contributed by atoms with Gasteiger partial charge in [0.15, 0.2) is 0 Å². The molecule has 2 N–H and O–H groups in total. The summed E-state index contributed by atoms with van der Waals surface area (Å²) in [5, 5.41) is 0. The molecule has 100 valence electrons. The molecule has 0 spiro atoms. The number of ether oxygens (including phenoxy) is 1. The fraction of sp³-hybridized carbons (Fsp3) is 0.200. The largest absolute Gasteiger partial charge is 0.457 e. The predicted octanol–water partition coefficient (Wildman–Crippen LogP) is 3.57. The first-order valence-electron chi connectivity index (χ1n) is 6.03. The summed E-state index contributed by atoms with van der Waals surface area (Å²) in [5.74, 6) is -0.00881. The van der Waals surface area contributed by atoms with Crippen LogP contribution in [-0.2, 0) is 6.42 Å². The van der Waals surface area contributed by atoms with Crippen LogP contribution >= 0.6 is 0 Å². The first-order valence-corrected chi connectivity index (χ1v) is 6.03. The van der Waals surface area contributed by atoms with E-state index >= 15 is 0 Å². The molecule has 0 bridgehead atoms. The second kappa shape index (κ2) is 5.80. The van der Waals surface area contributed by atoms with E-state index in [9.17, 15) is 8.78 Å². The molecule has 0 aliphatic heterocycles. The van der Waals surface area contributed by atoms with Gasteiger partial charge >= 0.3 is 0 Å². The van der Waals surface area contributed by atoms with E-state index in [1.165, 1.54) is 12.1 Å². The maximum Gasteiger partial charge on any atom is 0.133 e. The lowest BCUT2D eigenvalue weighted by Gasteiger charge is -2.12. The Morgan fingerprint density at radius 2 is 1.89 bits per heavy atom. The van der Waals surface area contributed by atoms with Crippen molar-refractivity contribution in [3.63, 3.8) is 0 Å². The molecule has 2 aromatic carbocycles. The van der Waals surface area contributed by atoms with E-state index in [-0.39, 0.29) is 11.6 Å². The van der Waals surface area contributed by atoms with Crippen LogP contribution in [0.25, 0.3) is 0 Å². The van der Waals surface area contributed by atoms with Crippen molar-refractivity contribution in [3.05, 3.63) is 59.2 Å². The highest BCUT2D eigenvalue weighted by molar-refractivity contribution is 5.39. The predicted molar refractivity (Wildman–Crippen MR) is 70.4 cm³/mol. The van der Waals surface area contributed by atoms with Gasteiger partial charge in [-0.1, -0.05) is 12.1 Å². The zero-order chi connectivity index (χ0) is 13.8. The Hall–Kier alpha value is -1.94. The van der Waals surface area contributed by atoms with Crippen molar-refractivity contribution in [2.75, 3.05) is 6.54 Å². The van der Waals surface area contributed by atoms with Crippen molar-refractivity contribution < 1.29 is 13.5 Å². The van der Waals surface area contributed by atoms with E-state index in [0.29, 0.717) is 35.6 Å². The van der Waals surface area contributed by atoms with E-state index in [2.05, 4.69) is 0 Å². The van der Waals surface area contributed by atoms with Crippen molar-refractivity contribution in [3.8, 4) is 11.5 Å². The van der Waals surface area contributed by atoms with Crippen LogP contribution in [-0.4, -0.2) is 6.54 Å². The van der Waals surface area contributed by atoms with Crippen molar-refractivity contribution in [1.29, 1.82) is 0 Å². The van der Waals surface area contributed by atoms with E-state index in [0.717, 1.165) is 0 Å². The van der Waals surface area contributed by atoms with Crippen LogP contribution in [0.5, 0.6) is 11.5 Å². The van der Waals surface area contributed by atoms with Crippen molar-refractivity contribution >= 4 is 0 Å². The fourth-order valence-electron chi connectivity index (χ4n) is 1.79. The summed E-state index contributed by atoms with van der Waals surface area (Å²) in [7, 11) is 0. The van der Waals surface area contributed by atoms with Gasteiger partial charge in [0.25, 0.3) is 0 Å². The number of nitrogens with two attached hydrogens (primary N) is 1. The number of aryl methyl sites for hydroxylation is 1. The fourth-order valence-corrected chi connectivity index (χ4v) is 1.79. The van der Waals surface area contributed by atoms with Gasteiger partial charge in [0.05, 0.1) is 0 Å². The van der Waals surface area contributed by atoms with Gasteiger partial charge in [-0.25, -0.2) is 8.78 Å². The molecule has 0 amide bonds. The monoisotopic (exact) mass is 263 g/mol. The Morgan fingerprint density at radius 1 is 1.11 bits per heavy atom. The molecule has 4 heteroatoms. The molecule has 0 aliphatic rings. The molecule has 0 aromatic heterocycles. The molecule has 2 aromatic rings. The smallest absolute Gasteiger partial charge is 0.133 e. The Labute approximate surface area is 110 Å². The summed E-state index contributed by atoms with van der Waals surface area (Å²) in [6.07, 6.45) is 0.371. The molecular formula is C15H15F2NO. The van der Waals surface area contributed by atoms with Crippen molar-refractivity contribution in [2.24, 2.45) is 5.73 Å². The van der Waals surface area contributed by atoms with E-state index in [1.807, 2.05) is 0 Å². The van der Waals surface area contributed by atoms with E-state index < -0.39 is 0 Å². The highest BCUT2D eigenvalue weighted by Gasteiger charge is 2.10. The lowest BCUT2D eigenvalue weighted by molar-refractivity contribution is 0.462. The molecule has 0 heterocycles. The zero-order valence-electron chi connectivity index (χ0n) is 10.6. The van der Waals surface area contributed by atoms with Crippen LogP contribution in [0.1, 0.15) is 11.1 Å². The Morgan fingerprint density at radius 3 is 2.58 bits per heavy atom. The highest BCUT2D eigenvalue weighted by Crippen LogP contribution is 2.28. The van der Waals surface area contributed by atoms with Gasteiger partial charge in [-0.2, -0.15) is 0 Å². The summed E-state index contributed by atoms with van der Waals surface area (Å²) in [5.41, 5.74) is 6.40. The average Bonchev–Trinajstić information content (AvgIpc) is 2.38. The van der Waals surface area contributed by atoms with Gasteiger partial charge < -0.3 is 10.5 Å². The van der Waals surface area contributed by atoms with Gasteiger partial charge in [-0.05, 0) is 43.7 Å². The van der Waals surface area contributed by atoms with Crippen LogP contribution in [0.15, 0.2) is 36.4 Å². The normalized spacial score (nSPS) is 10.5. The first-order chi connectivity index (χ1) is 9.11. The average molecular weight is 263 g/mol. The third kappa shape index (κ3) is 3.09. The lowest BCUT2D eigenvalue weighted by atomic mass is 10.1. The summed E-state index contributed by atoms with van der Waals surface area (Å²) in [6, 6.07) is 9.10. The van der Waals surface area contributed by atoms with Gasteiger partial charge in [-0.3, -0.25) is 0 Å². The SMILES string of the molecule is Cc1ccc(Oc2cccc(F)c2CCN)cc1F. The van der Waals surface area contributed by atoms with Gasteiger partial charge in [0.1, 0.15) is 23.1 Å². The lowest BCUT2D eigenvalue weighted by Crippen LogP contribution is -2.06. The number of rotatable bonds is 4. The molecule has 19 heavy (non-hydrogen) atoms. The number of hydrogen-bond acceptors (Lipinski definition) is 2. The maximum atomic E-state index is 13.7. The molecule has 0 aliphatic carbocycles. The quantitative estimate of drug-likeness (QED) is 0.915. The second-order valence-electron chi connectivity index (χ2n) is 4.27. The highest BCUT2D eigenvalue weighted by atomic mass is 19.1. The van der Waals surface area contributed by atoms with E-state index in [4.69, 9.17) is 10.5 Å². The summed E-state index contributed by atoms with van der Waals surface area (Å²) >= 11 is 0. The maximum absolute atomic E-state index is 13.7. The molecule has 0 unspecified atom stereocenters. The van der Waals surface area contributed by atoms with Crippen LogP contribution in [0.3, 0.4) is 0 Å². The molecule has 2 nitrogen and oxygen atoms in total. The van der Waals surface area contributed by atoms with Crippen LogP contribution in [0.2, 0.25) is 0 Å². The van der Waals surface area contributed by atoms with Gasteiger partial charge in [0.2, 0.25) is 0 Å². The topological polar surface area (TPSA) is 35.2 Å². The van der Waals surface area contributed by atoms with Crippen LogP contribution in [0.4, 0.5) is 8.78 Å². The van der Waals surface area contributed by atoms with Crippen LogP contribution < -0.4 is 10.5 Å². The summed E-state index contributed by atoms with van der Waals surface area (Å²) < 4.78 is 32.7. The summed E-state index contributed by atoms with van der Waals surface area (Å²) in [4.78, 5) is 0. The van der Waals surface area contributed by atoms with Gasteiger partial charge in [-0.15, -0.1) is 0 Å². The summed E-state index contributed by atoms with van der Waals surface area (Å²) in [6.45, 7) is 1.99. The second-order valence-corrected chi connectivity index (χ2v) is 4.27. The van der Waals surface area contributed by atoms with Crippen molar-refractivity contribution in [1.82, 2.24) is 0 Å². The van der Waals surface area contributed by atoms with Gasteiger partial charge in [0, 0.05) is 11.6 Å². The molecule has 0 atom stereocenters. The standard InChI is InChI=1S/C15H15F2NO/c1-10-5-6-11(9-14(10)17)19-15-4-2-3-13(16)12(15)7-8-18/h2-6,9H,7-8,18H2,1H3. The molecule has 0 fully saturated rings. The minimum atomic E-state index is -0.365.